The van der Waals surface area contributed by atoms with Gasteiger partial charge in [0.25, 0.3) is 0 Å². The van der Waals surface area contributed by atoms with Gasteiger partial charge in [-0.15, -0.1) is 0 Å². The first-order chi connectivity index (χ1) is 14.7. The molecule has 3 rings (SSSR count). The van der Waals surface area contributed by atoms with E-state index in [4.69, 9.17) is 4.74 Å². The Kier molecular flexibility index (Phi) is 7.33. The van der Waals surface area contributed by atoms with E-state index in [9.17, 15) is 14.4 Å². The zero-order chi connectivity index (χ0) is 22.4. The predicted octanol–water partition coefficient (Wildman–Crippen LogP) is 2.70. The van der Waals surface area contributed by atoms with Crippen molar-refractivity contribution >= 4 is 28.7 Å². The number of H-pyrrole nitrogens is 1. The molecule has 0 radical (unpaired) electrons. The van der Waals surface area contributed by atoms with Crippen molar-refractivity contribution in [3.05, 3.63) is 36.0 Å². The molecule has 8 heteroatoms. The summed E-state index contributed by atoms with van der Waals surface area (Å²) in [5, 5.41) is 6.43. The number of rotatable bonds is 7. The molecule has 31 heavy (non-hydrogen) atoms. The molecular weight excluding hydrogens is 396 g/mol. The van der Waals surface area contributed by atoms with Gasteiger partial charge in [0, 0.05) is 42.3 Å². The number of nitrogens with zero attached hydrogens (tertiary/aromatic N) is 1. The van der Waals surface area contributed by atoms with Crippen molar-refractivity contribution in [2.75, 3.05) is 32.7 Å². The Labute approximate surface area is 182 Å². The molecule has 8 nitrogen and oxygen atoms in total. The summed E-state index contributed by atoms with van der Waals surface area (Å²) < 4.78 is 5.17. The average molecular weight is 429 g/mol. The number of aromatic nitrogens is 1. The Morgan fingerprint density at radius 1 is 1.16 bits per heavy atom. The maximum atomic E-state index is 12.8. The van der Waals surface area contributed by atoms with E-state index in [1.165, 1.54) is 0 Å². The van der Waals surface area contributed by atoms with Crippen LogP contribution in [0.3, 0.4) is 0 Å². The zero-order valence-corrected chi connectivity index (χ0v) is 18.5. The fraction of sp³-hybridized carbons (Fsp3) is 0.522. The van der Waals surface area contributed by atoms with Gasteiger partial charge in [0.1, 0.15) is 5.60 Å². The lowest BCUT2D eigenvalue weighted by Crippen LogP contribution is -2.46. The SMILES string of the molecule is CC(C)(C)OC(=O)NCCNC(=O)C1CCCN(CC(=O)c2c[nH]c3ccccc23)C1. The zero-order valence-electron chi connectivity index (χ0n) is 18.5. The second-order valence-corrected chi connectivity index (χ2v) is 8.97. The van der Waals surface area contributed by atoms with Crippen molar-refractivity contribution in [3.63, 3.8) is 0 Å². The van der Waals surface area contributed by atoms with Crippen LogP contribution in [0.15, 0.2) is 30.5 Å². The van der Waals surface area contributed by atoms with Crippen molar-refractivity contribution in [1.29, 1.82) is 0 Å². The number of hydrogen-bond acceptors (Lipinski definition) is 5. The smallest absolute Gasteiger partial charge is 0.407 e. The lowest BCUT2D eigenvalue weighted by atomic mass is 9.96. The highest BCUT2D eigenvalue weighted by Crippen LogP contribution is 2.21. The average Bonchev–Trinajstić information content (AvgIpc) is 3.14. The minimum Gasteiger partial charge on any atom is -0.444 e. The number of fused-ring (bicyclic) bond motifs is 1. The molecule has 2 heterocycles. The molecular formula is C23H32N4O4. The molecule has 2 aromatic rings. The lowest BCUT2D eigenvalue weighted by Gasteiger charge is -2.31. The van der Waals surface area contributed by atoms with Crippen molar-refractivity contribution in [2.45, 2.75) is 39.2 Å². The summed E-state index contributed by atoms with van der Waals surface area (Å²) in [4.78, 5) is 42.2. The van der Waals surface area contributed by atoms with Gasteiger partial charge in [-0.2, -0.15) is 0 Å². The van der Waals surface area contributed by atoms with Crippen LogP contribution in [0.4, 0.5) is 4.79 Å². The number of para-hydroxylation sites is 1. The minimum absolute atomic E-state index is 0.0461. The van der Waals surface area contributed by atoms with Gasteiger partial charge in [-0.3, -0.25) is 14.5 Å². The second-order valence-electron chi connectivity index (χ2n) is 8.97. The standard InChI is InChI=1S/C23H32N4O4/c1-23(2,3)31-22(30)25-11-10-24-21(29)16-7-6-12-27(14-16)15-20(28)18-13-26-19-9-5-4-8-17(18)19/h4-5,8-9,13,16,26H,6-7,10-12,14-15H2,1-3H3,(H,24,29)(H,25,30). The van der Waals surface area contributed by atoms with Crippen LogP contribution in [0.5, 0.6) is 0 Å². The van der Waals surface area contributed by atoms with Crippen LogP contribution >= 0.6 is 0 Å². The fourth-order valence-electron chi connectivity index (χ4n) is 3.81. The number of aromatic amines is 1. The van der Waals surface area contributed by atoms with E-state index in [0.29, 0.717) is 31.7 Å². The van der Waals surface area contributed by atoms with Crippen LogP contribution < -0.4 is 10.6 Å². The maximum absolute atomic E-state index is 12.8. The first-order valence-electron chi connectivity index (χ1n) is 10.8. The number of ether oxygens (including phenoxy) is 1. The number of carbonyl (C=O) groups is 3. The molecule has 1 aromatic heterocycles. The Bertz CT molecular complexity index is 931. The van der Waals surface area contributed by atoms with Crippen molar-refractivity contribution in [3.8, 4) is 0 Å². The number of Topliss-reactive ketones (excluding diaryl/α,β-unsaturated/α-hetero) is 1. The fourth-order valence-corrected chi connectivity index (χ4v) is 3.81. The number of benzene rings is 1. The van der Waals surface area contributed by atoms with E-state index in [1.54, 1.807) is 27.0 Å². The molecule has 1 aliphatic rings. The summed E-state index contributed by atoms with van der Waals surface area (Å²) in [6.07, 6.45) is 2.93. The molecule has 2 amide bonds. The Morgan fingerprint density at radius 2 is 1.90 bits per heavy atom. The Hall–Kier alpha value is -2.87. The summed E-state index contributed by atoms with van der Waals surface area (Å²) in [6.45, 7) is 7.69. The molecule has 0 aliphatic carbocycles. The summed E-state index contributed by atoms with van der Waals surface area (Å²) in [7, 11) is 0. The topological polar surface area (TPSA) is 104 Å². The second kappa shape index (κ2) is 9.96. The number of ketones is 1. The molecule has 3 N–H and O–H groups in total. The van der Waals surface area contributed by atoms with Gasteiger partial charge in [-0.25, -0.2) is 4.79 Å². The number of likely N-dealkylation sites (tertiary alicyclic amines) is 1. The normalized spacial score (nSPS) is 17.3. The summed E-state index contributed by atoms with van der Waals surface area (Å²) in [6, 6.07) is 7.75. The van der Waals surface area contributed by atoms with E-state index >= 15 is 0 Å². The molecule has 0 saturated carbocycles. The van der Waals surface area contributed by atoms with E-state index in [-0.39, 0.29) is 17.6 Å². The quantitative estimate of drug-likeness (QED) is 0.465. The van der Waals surface area contributed by atoms with E-state index in [0.717, 1.165) is 30.3 Å². The Morgan fingerprint density at radius 3 is 2.68 bits per heavy atom. The highest BCUT2D eigenvalue weighted by molar-refractivity contribution is 6.08. The van der Waals surface area contributed by atoms with Gasteiger partial charge in [-0.05, 0) is 46.2 Å². The van der Waals surface area contributed by atoms with Gasteiger partial charge in [-0.1, -0.05) is 18.2 Å². The number of nitrogens with one attached hydrogen (secondary N) is 3. The molecule has 0 bridgehead atoms. The summed E-state index contributed by atoms with van der Waals surface area (Å²) in [5.74, 6) is -0.152. The van der Waals surface area contributed by atoms with Crippen LogP contribution in [-0.2, 0) is 9.53 Å². The monoisotopic (exact) mass is 428 g/mol. The number of alkyl carbamates (subject to hydrolysis) is 1. The largest absolute Gasteiger partial charge is 0.444 e. The van der Waals surface area contributed by atoms with Gasteiger partial charge < -0.3 is 20.4 Å². The molecule has 1 fully saturated rings. The first-order valence-corrected chi connectivity index (χ1v) is 10.8. The van der Waals surface area contributed by atoms with Crippen LogP contribution in [-0.4, -0.2) is 66.0 Å². The van der Waals surface area contributed by atoms with E-state index in [2.05, 4.69) is 20.5 Å². The van der Waals surface area contributed by atoms with Gasteiger partial charge in [0.05, 0.1) is 12.5 Å². The van der Waals surface area contributed by atoms with E-state index in [1.807, 2.05) is 24.3 Å². The molecule has 1 saturated heterocycles. The maximum Gasteiger partial charge on any atom is 0.407 e. The first kappa shape index (κ1) is 22.8. The molecule has 1 aliphatic heterocycles. The number of carbonyl (C=O) groups excluding carboxylic acids is 3. The van der Waals surface area contributed by atoms with Crippen molar-refractivity contribution in [2.24, 2.45) is 5.92 Å². The molecule has 1 atom stereocenters. The lowest BCUT2D eigenvalue weighted by molar-refractivity contribution is -0.126. The van der Waals surface area contributed by atoms with Crippen LogP contribution in [0, 0.1) is 5.92 Å². The molecule has 168 valence electrons. The molecule has 0 spiro atoms. The third-order valence-electron chi connectivity index (χ3n) is 5.23. The summed E-state index contributed by atoms with van der Waals surface area (Å²) >= 11 is 0. The summed E-state index contributed by atoms with van der Waals surface area (Å²) in [5.41, 5.74) is 1.08. The van der Waals surface area contributed by atoms with Gasteiger partial charge in [0.2, 0.25) is 5.91 Å². The molecule has 1 aromatic carbocycles. The minimum atomic E-state index is -0.553. The Balaban J connectivity index is 1.44. The van der Waals surface area contributed by atoms with Crippen molar-refractivity contribution < 1.29 is 19.1 Å². The number of amides is 2. The predicted molar refractivity (Wildman–Crippen MR) is 119 cm³/mol. The van der Waals surface area contributed by atoms with Crippen LogP contribution in [0.25, 0.3) is 10.9 Å². The molecule has 1 unspecified atom stereocenters. The number of hydrogen-bond donors (Lipinski definition) is 3. The number of piperidine rings is 1. The van der Waals surface area contributed by atoms with Crippen molar-refractivity contribution in [1.82, 2.24) is 20.5 Å². The van der Waals surface area contributed by atoms with E-state index < -0.39 is 11.7 Å². The highest BCUT2D eigenvalue weighted by atomic mass is 16.6. The van der Waals surface area contributed by atoms with Gasteiger partial charge in [0.15, 0.2) is 5.78 Å². The van der Waals surface area contributed by atoms with Gasteiger partial charge >= 0.3 is 6.09 Å². The van der Waals surface area contributed by atoms with Crippen LogP contribution in [0.1, 0.15) is 44.0 Å². The van der Waals surface area contributed by atoms with Crippen LogP contribution in [0.2, 0.25) is 0 Å². The third-order valence-corrected chi connectivity index (χ3v) is 5.23. The highest BCUT2D eigenvalue weighted by Gasteiger charge is 2.27. The third kappa shape index (κ3) is 6.55.